The maximum atomic E-state index is 12.3. The Labute approximate surface area is 115 Å². The summed E-state index contributed by atoms with van der Waals surface area (Å²) in [6.45, 7) is 2.26. The molecule has 3 rings (SSSR count). The third-order valence-electron chi connectivity index (χ3n) is 3.10. The van der Waals surface area contributed by atoms with E-state index < -0.39 is 0 Å². The molecule has 0 aromatic carbocycles. The maximum absolute atomic E-state index is 12.3. The number of carbonyl (C=O) groups is 1. The molecule has 2 N–H and O–H groups in total. The zero-order valence-electron chi connectivity index (χ0n) is 11.2. The van der Waals surface area contributed by atoms with Crippen LogP contribution in [0.1, 0.15) is 21.9 Å². The summed E-state index contributed by atoms with van der Waals surface area (Å²) < 4.78 is 1.86. The van der Waals surface area contributed by atoms with E-state index in [1.54, 1.807) is 24.8 Å². The van der Waals surface area contributed by atoms with Gasteiger partial charge in [0.25, 0.3) is 5.91 Å². The smallest absolute Gasteiger partial charge is 0.253 e. The van der Waals surface area contributed by atoms with Crippen molar-refractivity contribution in [1.82, 2.24) is 29.8 Å². The number of H-pyrrole nitrogens is 1. The van der Waals surface area contributed by atoms with E-state index in [1.165, 1.54) is 0 Å². The van der Waals surface area contributed by atoms with Gasteiger partial charge in [0.2, 0.25) is 0 Å². The van der Waals surface area contributed by atoms with Crippen molar-refractivity contribution in [2.24, 2.45) is 7.05 Å². The van der Waals surface area contributed by atoms with Gasteiger partial charge < -0.3 is 14.9 Å². The predicted octanol–water partition coefficient (Wildman–Crippen LogP) is 0.930. The molecule has 0 aliphatic carbocycles. The highest BCUT2D eigenvalue weighted by Gasteiger charge is 2.13. The third kappa shape index (κ3) is 2.13. The fraction of sp³-hybridized carbons (Fsp3) is 0.231. The minimum absolute atomic E-state index is 0.165. The third-order valence-corrected chi connectivity index (χ3v) is 3.10. The van der Waals surface area contributed by atoms with Crippen molar-refractivity contribution in [2.75, 3.05) is 0 Å². The van der Waals surface area contributed by atoms with Gasteiger partial charge in [-0.2, -0.15) is 0 Å². The molecule has 0 bridgehead atoms. The molecule has 3 aromatic heterocycles. The number of amides is 1. The van der Waals surface area contributed by atoms with Crippen molar-refractivity contribution in [1.29, 1.82) is 0 Å². The monoisotopic (exact) mass is 270 g/mol. The molecule has 3 aromatic rings. The lowest BCUT2D eigenvalue weighted by atomic mass is 10.2. The van der Waals surface area contributed by atoms with Crippen LogP contribution in [0, 0.1) is 6.92 Å². The van der Waals surface area contributed by atoms with Gasteiger partial charge in [0.1, 0.15) is 5.82 Å². The summed E-state index contributed by atoms with van der Waals surface area (Å²) in [5.74, 6) is 0.571. The summed E-state index contributed by atoms with van der Waals surface area (Å²) in [6.07, 6.45) is 5.01. The van der Waals surface area contributed by atoms with E-state index in [0.717, 1.165) is 11.5 Å². The molecule has 0 spiro atoms. The number of nitrogens with one attached hydrogen (secondary N) is 2. The first-order valence-electron chi connectivity index (χ1n) is 6.20. The lowest BCUT2D eigenvalue weighted by Crippen LogP contribution is -2.24. The van der Waals surface area contributed by atoms with Gasteiger partial charge in [0.15, 0.2) is 5.65 Å². The summed E-state index contributed by atoms with van der Waals surface area (Å²) in [4.78, 5) is 27.7. The lowest BCUT2D eigenvalue weighted by Gasteiger charge is -2.06. The number of hydrogen-bond acceptors (Lipinski definition) is 4. The van der Waals surface area contributed by atoms with Gasteiger partial charge in [-0.15, -0.1) is 0 Å². The van der Waals surface area contributed by atoms with Gasteiger partial charge in [-0.3, -0.25) is 4.79 Å². The Morgan fingerprint density at radius 2 is 2.35 bits per heavy atom. The summed E-state index contributed by atoms with van der Waals surface area (Å²) in [6, 6.07) is 1.68. The molecular formula is C13H14N6O. The highest BCUT2D eigenvalue weighted by Crippen LogP contribution is 2.13. The summed E-state index contributed by atoms with van der Waals surface area (Å²) in [7, 11) is 1.89. The molecule has 7 nitrogen and oxygen atoms in total. The van der Waals surface area contributed by atoms with Crippen molar-refractivity contribution in [3.05, 3.63) is 41.9 Å². The van der Waals surface area contributed by atoms with E-state index in [1.807, 2.05) is 18.5 Å². The molecule has 0 radical (unpaired) electrons. The largest absolute Gasteiger partial charge is 0.346 e. The van der Waals surface area contributed by atoms with Gasteiger partial charge in [-0.25, -0.2) is 15.0 Å². The standard InChI is InChI=1S/C13H14N6O/c1-8-17-11-10(3-4-15-12(11)18-8)13(20)16-6-9-5-14-7-19(9)2/h3-5,7H,6H2,1-2H3,(H,16,20)(H,15,17,18). The van der Waals surface area contributed by atoms with Crippen LogP contribution < -0.4 is 5.32 Å². The van der Waals surface area contributed by atoms with E-state index in [9.17, 15) is 4.79 Å². The Morgan fingerprint density at radius 3 is 3.10 bits per heavy atom. The molecule has 3 heterocycles. The van der Waals surface area contributed by atoms with Gasteiger partial charge >= 0.3 is 0 Å². The first kappa shape index (κ1) is 12.3. The van der Waals surface area contributed by atoms with Crippen molar-refractivity contribution >= 4 is 17.1 Å². The number of rotatable bonds is 3. The molecule has 0 unspecified atom stereocenters. The SMILES string of the molecule is Cc1nc2nccc(C(=O)NCc3cncn3C)c2[nH]1. The topological polar surface area (TPSA) is 88.5 Å². The maximum Gasteiger partial charge on any atom is 0.253 e. The molecule has 20 heavy (non-hydrogen) atoms. The van der Waals surface area contributed by atoms with Crippen molar-refractivity contribution in [3.8, 4) is 0 Å². The number of aromatic amines is 1. The molecule has 0 saturated heterocycles. The fourth-order valence-electron chi connectivity index (χ4n) is 2.04. The van der Waals surface area contributed by atoms with Crippen LogP contribution in [0.3, 0.4) is 0 Å². The number of nitrogens with zero attached hydrogens (tertiary/aromatic N) is 4. The van der Waals surface area contributed by atoms with Crippen molar-refractivity contribution in [3.63, 3.8) is 0 Å². The van der Waals surface area contributed by atoms with Crippen molar-refractivity contribution in [2.45, 2.75) is 13.5 Å². The molecular weight excluding hydrogens is 256 g/mol. The molecule has 0 saturated carbocycles. The Kier molecular flexibility index (Phi) is 2.94. The average molecular weight is 270 g/mol. The van der Waals surface area contributed by atoms with Crippen LogP contribution in [-0.2, 0) is 13.6 Å². The number of fused-ring (bicyclic) bond motifs is 1. The van der Waals surface area contributed by atoms with Gasteiger partial charge in [0.05, 0.1) is 29.6 Å². The lowest BCUT2D eigenvalue weighted by molar-refractivity contribution is 0.0951. The van der Waals surface area contributed by atoms with Crippen molar-refractivity contribution < 1.29 is 4.79 Å². The molecule has 0 aliphatic heterocycles. The number of hydrogen-bond donors (Lipinski definition) is 2. The fourth-order valence-corrected chi connectivity index (χ4v) is 2.04. The second kappa shape index (κ2) is 4.76. The Bertz CT molecular complexity index is 772. The minimum Gasteiger partial charge on any atom is -0.346 e. The highest BCUT2D eigenvalue weighted by atomic mass is 16.1. The number of aryl methyl sites for hydroxylation is 2. The van der Waals surface area contributed by atoms with Crippen LogP contribution in [0.15, 0.2) is 24.8 Å². The van der Waals surface area contributed by atoms with Gasteiger partial charge in [-0.1, -0.05) is 0 Å². The Hall–Kier alpha value is -2.70. The molecule has 0 atom stereocenters. The number of imidazole rings is 2. The Balaban J connectivity index is 1.84. The Morgan fingerprint density at radius 1 is 1.50 bits per heavy atom. The van der Waals surface area contributed by atoms with Crippen LogP contribution >= 0.6 is 0 Å². The van der Waals surface area contributed by atoms with Crippen LogP contribution in [0.4, 0.5) is 0 Å². The van der Waals surface area contributed by atoms with Gasteiger partial charge in [0, 0.05) is 19.4 Å². The predicted molar refractivity (Wildman–Crippen MR) is 73.0 cm³/mol. The molecule has 0 fully saturated rings. The summed E-state index contributed by atoms with van der Waals surface area (Å²) in [5, 5.41) is 2.87. The van der Waals surface area contributed by atoms with E-state index in [-0.39, 0.29) is 5.91 Å². The number of carbonyl (C=O) groups excluding carboxylic acids is 1. The first-order chi connectivity index (χ1) is 9.65. The second-order valence-electron chi connectivity index (χ2n) is 4.56. The zero-order chi connectivity index (χ0) is 14.1. The van der Waals surface area contributed by atoms with Gasteiger partial charge in [-0.05, 0) is 13.0 Å². The summed E-state index contributed by atoms with van der Waals surface area (Å²) >= 11 is 0. The zero-order valence-corrected chi connectivity index (χ0v) is 11.2. The van der Waals surface area contributed by atoms with E-state index in [0.29, 0.717) is 23.3 Å². The van der Waals surface area contributed by atoms with E-state index in [2.05, 4.69) is 25.3 Å². The summed E-state index contributed by atoms with van der Waals surface area (Å²) in [5.41, 5.74) is 2.69. The minimum atomic E-state index is -0.165. The van der Waals surface area contributed by atoms with E-state index in [4.69, 9.17) is 0 Å². The molecule has 0 aliphatic rings. The van der Waals surface area contributed by atoms with Crippen LogP contribution in [0.25, 0.3) is 11.2 Å². The molecule has 7 heteroatoms. The van der Waals surface area contributed by atoms with Crippen LogP contribution in [0.2, 0.25) is 0 Å². The van der Waals surface area contributed by atoms with Crippen LogP contribution in [-0.4, -0.2) is 30.4 Å². The van der Waals surface area contributed by atoms with Crippen LogP contribution in [0.5, 0.6) is 0 Å². The normalized spacial score (nSPS) is 10.9. The average Bonchev–Trinajstić information content (AvgIpc) is 3.00. The molecule has 1 amide bonds. The number of aromatic nitrogens is 5. The highest BCUT2D eigenvalue weighted by molar-refractivity contribution is 6.03. The van der Waals surface area contributed by atoms with E-state index >= 15 is 0 Å². The molecule has 102 valence electrons. The number of pyridine rings is 1. The second-order valence-corrected chi connectivity index (χ2v) is 4.56. The first-order valence-corrected chi connectivity index (χ1v) is 6.20. The quantitative estimate of drug-likeness (QED) is 0.741.